The van der Waals surface area contributed by atoms with E-state index in [0.717, 1.165) is 28.3 Å². The van der Waals surface area contributed by atoms with E-state index in [1.807, 2.05) is 69.3 Å². The van der Waals surface area contributed by atoms with E-state index in [0.29, 0.717) is 55.5 Å². The van der Waals surface area contributed by atoms with E-state index < -0.39 is 17.5 Å². The van der Waals surface area contributed by atoms with Crippen LogP contribution in [0.25, 0.3) is 10.8 Å². The number of benzene rings is 3. The van der Waals surface area contributed by atoms with Crippen molar-refractivity contribution in [1.82, 2.24) is 20.9 Å². The van der Waals surface area contributed by atoms with Crippen molar-refractivity contribution in [1.29, 1.82) is 0 Å². The number of nitrogens with zero attached hydrogens (tertiary/aromatic N) is 1. The van der Waals surface area contributed by atoms with Crippen LogP contribution in [-0.4, -0.2) is 54.3 Å². The molecule has 3 amide bonds. The van der Waals surface area contributed by atoms with Crippen LogP contribution in [0.3, 0.4) is 0 Å². The molecule has 1 unspecified atom stereocenters. The lowest BCUT2D eigenvalue weighted by Crippen LogP contribution is -2.55. The van der Waals surface area contributed by atoms with Crippen LogP contribution in [0.2, 0.25) is 10.0 Å². The van der Waals surface area contributed by atoms with Gasteiger partial charge in [0.25, 0.3) is 0 Å². The number of hydrogen-bond acceptors (Lipinski definition) is 4. The third-order valence-electron chi connectivity index (χ3n) is 7.49. The third kappa shape index (κ3) is 8.46. The number of carbonyl (C=O) groups excluding carboxylic acids is 3. The summed E-state index contributed by atoms with van der Waals surface area (Å²) >= 11 is 12.1. The molecule has 1 aliphatic rings. The lowest BCUT2D eigenvalue weighted by Gasteiger charge is -2.31. The van der Waals surface area contributed by atoms with Crippen molar-refractivity contribution in [2.24, 2.45) is 5.41 Å². The summed E-state index contributed by atoms with van der Waals surface area (Å²) in [6.07, 6.45) is 2.40. The zero-order chi connectivity index (χ0) is 30.3. The minimum absolute atomic E-state index is 0.0518. The van der Waals surface area contributed by atoms with Gasteiger partial charge in [-0.15, -0.1) is 0 Å². The molecule has 1 fully saturated rings. The maximum Gasteiger partial charge on any atom is 0.243 e. The highest BCUT2D eigenvalue weighted by Gasteiger charge is 2.39. The van der Waals surface area contributed by atoms with E-state index in [9.17, 15) is 14.4 Å². The fourth-order valence-electron chi connectivity index (χ4n) is 5.22. The lowest BCUT2D eigenvalue weighted by molar-refractivity contribution is -0.145. The number of halogens is 2. The fraction of sp³-hybridized carbons (Fsp3) is 0.424. The standard InChI is InChI=1S/C33H40Cl2N4O3/c1-33(2,3)32(42)39-17-6-10-29(39)31(41)38-28(20-22-11-13-24-8-4-5-9-25(24)18-22)30(40)37-16-7-15-36-21-23-12-14-26(34)27(35)19-23/h4-5,8-9,11-14,18-19,28-29,36H,6-7,10,15-17,20-21H2,1-3H3,(H,37,40)(H,38,41)/t28-,29?/m1/s1. The Morgan fingerprint density at radius 2 is 1.67 bits per heavy atom. The van der Waals surface area contributed by atoms with E-state index in [4.69, 9.17) is 23.2 Å². The molecule has 1 saturated heterocycles. The molecule has 0 aromatic heterocycles. The van der Waals surface area contributed by atoms with Gasteiger partial charge in [0.1, 0.15) is 12.1 Å². The topological polar surface area (TPSA) is 90.5 Å². The molecule has 0 saturated carbocycles. The third-order valence-corrected chi connectivity index (χ3v) is 8.23. The van der Waals surface area contributed by atoms with Gasteiger partial charge in [-0.3, -0.25) is 14.4 Å². The van der Waals surface area contributed by atoms with E-state index in [1.54, 1.807) is 11.0 Å². The summed E-state index contributed by atoms with van der Waals surface area (Å²) in [5.74, 6) is -0.578. The Morgan fingerprint density at radius 1 is 0.929 bits per heavy atom. The zero-order valence-electron chi connectivity index (χ0n) is 24.5. The summed E-state index contributed by atoms with van der Waals surface area (Å²) in [7, 11) is 0. The SMILES string of the molecule is CC(C)(C)C(=O)N1CCCC1C(=O)N[C@H](Cc1ccc2ccccc2c1)C(=O)NCCCNCc1ccc(Cl)c(Cl)c1. The number of hydrogen-bond donors (Lipinski definition) is 3. The maximum atomic E-state index is 13.5. The highest BCUT2D eigenvalue weighted by atomic mass is 35.5. The van der Waals surface area contributed by atoms with Gasteiger partial charge in [0.15, 0.2) is 0 Å². The van der Waals surface area contributed by atoms with Crippen LogP contribution in [0.15, 0.2) is 60.7 Å². The first kappa shape index (κ1) is 31.8. The Hall–Kier alpha value is -3.13. The number of fused-ring (bicyclic) bond motifs is 1. The number of nitrogens with one attached hydrogen (secondary N) is 3. The Morgan fingerprint density at radius 3 is 2.40 bits per heavy atom. The van der Waals surface area contributed by atoms with Crippen molar-refractivity contribution in [3.8, 4) is 0 Å². The first-order valence-corrected chi connectivity index (χ1v) is 15.3. The molecule has 2 atom stereocenters. The Balaban J connectivity index is 1.38. The fourth-order valence-corrected chi connectivity index (χ4v) is 5.54. The zero-order valence-corrected chi connectivity index (χ0v) is 26.0. The predicted octanol–water partition coefficient (Wildman–Crippen LogP) is 5.51. The Kier molecular flexibility index (Phi) is 10.9. The van der Waals surface area contributed by atoms with Gasteiger partial charge in [0, 0.05) is 31.5 Å². The van der Waals surface area contributed by atoms with Gasteiger partial charge in [-0.1, -0.05) is 92.5 Å². The first-order chi connectivity index (χ1) is 20.0. The van der Waals surface area contributed by atoms with Crippen LogP contribution in [0.4, 0.5) is 0 Å². The van der Waals surface area contributed by atoms with Gasteiger partial charge >= 0.3 is 0 Å². The minimum atomic E-state index is -0.769. The number of rotatable bonds is 11. The van der Waals surface area contributed by atoms with Crippen LogP contribution >= 0.6 is 23.2 Å². The van der Waals surface area contributed by atoms with Crippen molar-refractivity contribution in [3.63, 3.8) is 0 Å². The second-order valence-electron chi connectivity index (χ2n) is 11.9. The molecule has 4 rings (SSSR count). The van der Waals surface area contributed by atoms with Crippen molar-refractivity contribution in [2.45, 2.75) is 65.1 Å². The lowest BCUT2D eigenvalue weighted by atomic mass is 9.94. The highest BCUT2D eigenvalue weighted by molar-refractivity contribution is 6.42. The predicted molar refractivity (Wildman–Crippen MR) is 170 cm³/mol. The summed E-state index contributed by atoms with van der Waals surface area (Å²) in [4.78, 5) is 41.6. The van der Waals surface area contributed by atoms with E-state index in [1.165, 1.54) is 0 Å². The Bertz CT molecular complexity index is 1420. The molecule has 3 N–H and O–H groups in total. The second-order valence-corrected chi connectivity index (χ2v) is 12.7. The summed E-state index contributed by atoms with van der Waals surface area (Å²) in [6, 6.07) is 18.3. The van der Waals surface area contributed by atoms with Gasteiger partial charge in [0.2, 0.25) is 17.7 Å². The largest absolute Gasteiger partial charge is 0.354 e. The normalized spacial score (nSPS) is 15.9. The van der Waals surface area contributed by atoms with E-state index in [2.05, 4.69) is 22.0 Å². The Labute approximate surface area is 258 Å². The number of likely N-dealkylation sites (tertiary alicyclic amines) is 1. The van der Waals surface area contributed by atoms with Crippen LogP contribution < -0.4 is 16.0 Å². The smallest absolute Gasteiger partial charge is 0.243 e. The number of carbonyl (C=O) groups is 3. The molecule has 42 heavy (non-hydrogen) atoms. The quantitative estimate of drug-likeness (QED) is 0.250. The summed E-state index contributed by atoms with van der Waals surface area (Å²) in [5.41, 5.74) is 1.39. The van der Waals surface area contributed by atoms with Crippen LogP contribution in [0.5, 0.6) is 0 Å². The monoisotopic (exact) mass is 610 g/mol. The van der Waals surface area contributed by atoms with E-state index >= 15 is 0 Å². The molecular weight excluding hydrogens is 571 g/mol. The summed E-state index contributed by atoms with van der Waals surface area (Å²) in [6.45, 7) is 7.90. The van der Waals surface area contributed by atoms with Crippen molar-refractivity contribution >= 4 is 51.7 Å². The molecule has 0 radical (unpaired) electrons. The molecule has 7 nitrogen and oxygen atoms in total. The second kappa shape index (κ2) is 14.4. The summed E-state index contributed by atoms with van der Waals surface area (Å²) < 4.78 is 0. The van der Waals surface area contributed by atoms with Gasteiger partial charge < -0.3 is 20.9 Å². The van der Waals surface area contributed by atoms with Gasteiger partial charge in [-0.05, 0) is 59.8 Å². The number of amides is 3. The average Bonchev–Trinajstić information content (AvgIpc) is 3.45. The van der Waals surface area contributed by atoms with Gasteiger partial charge in [0.05, 0.1) is 10.0 Å². The molecule has 1 aliphatic heterocycles. The first-order valence-electron chi connectivity index (χ1n) is 14.5. The molecule has 3 aromatic carbocycles. The van der Waals surface area contributed by atoms with Crippen LogP contribution in [0, 0.1) is 5.41 Å². The van der Waals surface area contributed by atoms with Crippen molar-refractivity contribution in [2.75, 3.05) is 19.6 Å². The molecule has 0 bridgehead atoms. The average molecular weight is 612 g/mol. The van der Waals surface area contributed by atoms with Crippen molar-refractivity contribution in [3.05, 3.63) is 81.8 Å². The highest BCUT2D eigenvalue weighted by Crippen LogP contribution is 2.26. The molecule has 1 heterocycles. The van der Waals surface area contributed by atoms with Gasteiger partial charge in [-0.2, -0.15) is 0 Å². The van der Waals surface area contributed by atoms with Crippen LogP contribution in [0.1, 0.15) is 51.2 Å². The molecule has 0 aliphatic carbocycles. The molecule has 9 heteroatoms. The summed E-state index contributed by atoms with van der Waals surface area (Å²) in [5, 5.41) is 12.6. The molecule has 224 valence electrons. The van der Waals surface area contributed by atoms with Crippen molar-refractivity contribution < 1.29 is 14.4 Å². The minimum Gasteiger partial charge on any atom is -0.354 e. The van der Waals surface area contributed by atoms with Gasteiger partial charge in [-0.25, -0.2) is 0 Å². The molecule has 3 aromatic rings. The maximum absolute atomic E-state index is 13.5. The van der Waals surface area contributed by atoms with E-state index in [-0.39, 0.29) is 17.7 Å². The van der Waals surface area contributed by atoms with Crippen LogP contribution in [-0.2, 0) is 27.3 Å². The molecule has 0 spiro atoms. The molecular formula is C33H40Cl2N4O3.